The quantitative estimate of drug-likeness (QED) is 0.862. The number of nitrogens with zero attached hydrogens (tertiary/aromatic N) is 2. The summed E-state index contributed by atoms with van der Waals surface area (Å²) < 4.78 is 4.33. The summed E-state index contributed by atoms with van der Waals surface area (Å²) in [5.74, 6) is 0. The molecule has 82 valence electrons. The Morgan fingerprint density at radius 2 is 2.25 bits per heavy atom. The summed E-state index contributed by atoms with van der Waals surface area (Å²) in [6, 6.07) is 10.5. The first-order valence-electron chi connectivity index (χ1n) is 5.37. The van der Waals surface area contributed by atoms with E-state index in [0.717, 1.165) is 30.2 Å². The summed E-state index contributed by atoms with van der Waals surface area (Å²) in [5.41, 5.74) is 9.53. The highest BCUT2D eigenvalue weighted by Gasteiger charge is 2.18. The van der Waals surface area contributed by atoms with Crippen LogP contribution in [0.15, 0.2) is 30.3 Å². The zero-order valence-corrected chi connectivity index (χ0v) is 9.70. The van der Waals surface area contributed by atoms with Gasteiger partial charge in [0.2, 0.25) is 0 Å². The van der Waals surface area contributed by atoms with Gasteiger partial charge in [-0.05, 0) is 35.6 Å². The second-order valence-corrected chi connectivity index (χ2v) is 4.86. The predicted molar refractivity (Wildman–Crippen MR) is 67.7 cm³/mol. The van der Waals surface area contributed by atoms with Gasteiger partial charge in [0, 0.05) is 12.2 Å². The maximum Gasteiger partial charge on any atom is 0.107 e. The fraction of sp³-hybridized carbons (Fsp3) is 0.250. The third-order valence-electron chi connectivity index (χ3n) is 2.91. The fourth-order valence-corrected chi connectivity index (χ4v) is 2.69. The van der Waals surface area contributed by atoms with Gasteiger partial charge in [-0.3, -0.25) is 0 Å². The summed E-state index contributed by atoms with van der Waals surface area (Å²) in [4.78, 5) is 2.36. The molecule has 4 heteroatoms. The van der Waals surface area contributed by atoms with E-state index in [9.17, 15) is 0 Å². The number of benzene rings is 1. The summed E-state index contributed by atoms with van der Waals surface area (Å²) in [5, 5.41) is 0.794. The van der Waals surface area contributed by atoms with Crippen molar-refractivity contribution in [3.05, 3.63) is 41.6 Å². The Kier molecular flexibility index (Phi) is 2.29. The molecule has 0 atom stereocenters. The maximum atomic E-state index is 5.68. The van der Waals surface area contributed by atoms with Gasteiger partial charge in [0.1, 0.15) is 5.00 Å². The molecule has 0 spiro atoms. The molecule has 0 bridgehead atoms. The number of nitrogens with two attached hydrogens (primary N) is 1. The number of para-hydroxylation sites is 1. The van der Waals surface area contributed by atoms with Crippen LogP contribution in [0.25, 0.3) is 0 Å². The van der Waals surface area contributed by atoms with Crippen LogP contribution in [0.4, 0.5) is 10.7 Å². The van der Waals surface area contributed by atoms with Gasteiger partial charge >= 0.3 is 0 Å². The molecule has 0 fully saturated rings. The summed E-state index contributed by atoms with van der Waals surface area (Å²) >= 11 is 1.37. The van der Waals surface area contributed by atoms with E-state index in [4.69, 9.17) is 5.73 Å². The minimum absolute atomic E-state index is 0.794. The van der Waals surface area contributed by atoms with E-state index in [1.54, 1.807) is 0 Å². The van der Waals surface area contributed by atoms with Crippen LogP contribution in [0.5, 0.6) is 0 Å². The van der Waals surface area contributed by atoms with E-state index in [2.05, 4.69) is 33.5 Å². The average Bonchev–Trinajstić information content (AvgIpc) is 2.87. The molecule has 2 heterocycles. The molecule has 0 unspecified atom stereocenters. The van der Waals surface area contributed by atoms with E-state index in [0.29, 0.717) is 0 Å². The number of rotatable bonds is 2. The van der Waals surface area contributed by atoms with E-state index < -0.39 is 0 Å². The van der Waals surface area contributed by atoms with Crippen molar-refractivity contribution in [3.8, 4) is 0 Å². The van der Waals surface area contributed by atoms with Crippen LogP contribution in [0, 0.1) is 0 Å². The highest BCUT2D eigenvalue weighted by Crippen LogP contribution is 2.29. The summed E-state index contributed by atoms with van der Waals surface area (Å²) in [6.07, 6.45) is 1.13. The lowest BCUT2D eigenvalue weighted by atomic mass is 10.2. The van der Waals surface area contributed by atoms with Crippen LogP contribution >= 0.6 is 11.5 Å². The second-order valence-electron chi connectivity index (χ2n) is 4.02. The Hall–Kier alpha value is -1.55. The highest BCUT2D eigenvalue weighted by molar-refractivity contribution is 7.10. The minimum atomic E-state index is 0.794. The lowest BCUT2D eigenvalue weighted by molar-refractivity contribution is 0.824. The Morgan fingerprint density at radius 1 is 1.38 bits per heavy atom. The third-order valence-corrected chi connectivity index (χ3v) is 3.57. The molecule has 1 aromatic heterocycles. The normalized spacial score (nSPS) is 14.1. The van der Waals surface area contributed by atoms with E-state index in [-0.39, 0.29) is 0 Å². The molecule has 0 saturated carbocycles. The number of hydrogen-bond donors (Lipinski definition) is 1. The molecule has 0 radical (unpaired) electrons. The largest absolute Gasteiger partial charge is 0.389 e. The second kappa shape index (κ2) is 3.79. The molecule has 1 aromatic carbocycles. The molecule has 0 aliphatic carbocycles. The van der Waals surface area contributed by atoms with Crippen LogP contribution in [-0.2, 0) is 13.0 Å². The van der Waals surface area contributed by atoms with Crippen molar-refractivity contribution in [2.24, 2.45) is 0 Å². The Morgan fingerprint density at radius 3 is 3.06 bits per heavy atom. The van der Waals surface area contributed by atoms with Crippen molar-refractivity contribution >= 4 is 22.2 Å². The number of hydrogen-bond acceptors (Lipinski definition) is 4. The molecule has 3 nitrogen and oxygen atoms in total. The topological polar surface area (TPSA) is 42.1 Å². The van der Waals surface area contributed by atoms with Crippen LogP contribution in [0.3, 0.4) is 0 Å². The summed E-state index contributed by atoms with van der Waals surface area (Å²) in [6.45, 7) is 1.95. The molecule has 3 rings (SSSR count). The molecule has 1 aliphatic heterocycles. The molecule has 0 amide bonds. The zero-order chi connectivity index (χ0) is 11.0. The average molecular weight is 231 g/mol. The van der Waals surface area contributed by atoms with E-state index >= 15 is 0 Å². The summed E-state index contributed by atoms with van der Waals surface area (Å²) in [7, 11) is 0. The van der Waals surface area contributed by atoms with Gasteiger partial charge in [-0.1, -0.05) is 18.2 Å². The van der Waals surface area contributed by atoms with Gasteiger partial charge in [0.25, 0.3) is 0 Å². The Labute approximate surface area is 98.7 Å². The van der Waals surface area contributed by atoms with Crippen molar-refractivity contribution in [1.29, 1.82) is 0 Å². The number of fused-ring (bicyclic) bond motifs is 1. The minimum Gasteiger partial charge on any atom is -0.389 e. The van der Waals surface area contributed by atoms with Crippen LogP contribution < -0.4 is 10.6 Å². The molecular weight excluding hydrogens is 218 g/mol. The molecule has 1 aliphatic rings. The van der Waals surface area contributed by atoms with Crippen LogP contribution in [0.1, 0.15) is 11.3 Å². The van der Waals surface area contributed by atoms with Gasteiger partial charge in [-0.25, -0.2) is 0 Å². The molecular formula is C12H13N3S. The number of aromatic nitrogens is 1. The van der Waals surface area contributed by atoms with E-state index in [1.807, 2.05) is 6.07 Å². The van der Waals surface area contributed by atoms with Crippen LogP contribution in [0.2, 0.25) is 0 Å². The van der Waals surface area contributed by atoms with Crippen molar-refractivity contribution < 1.29 is 0 Å². The third kappa shape index (κ3) is 1.65. The first-order valence-corrected chi connectivity index (χ1v) is 6.14. The zero-order valence-electron chi connectivity index (χ0n) is 8.89. The van der Waals surface area contributed by atoms with Crippen molar-refractivity contribution in [2.45, 2.75) is 13.0 Å². The fourth-order valence-electron chi connectivity index (χ4n) is 2.17. The van der Waals surface area contributed by atoms with Crippen molar-refractivity contribution in [1.82, 2.24) is 4.37 Å². The molecule has 2 aromatic rings. The Balaban J connectivity index is 1.83. The first-order chi connectivity index (χ1) is 7.83. The molecule has 16 heavy (non-hydrogen) atoms. The van der Waals surface area contributed by atoms with Crippen molar-refractivity contribution in [2.75, 3.05) is 17.2 Å². The lowest BCUT2D eigenvalue weighted by Crippen LogP contribution is -2.19. The molecule has 2 N–H and O–H groups in total. The van der Waals surface area contributed by atoms with Gasteiger partial charge in [0.05, 0.1) is 12.2 Å². The van der Waals surface area contributed by atoms with Gasteiger partial charge < -0.3 is 10.6 Å². The number of nitrogen functional groups attached to an aromatic ring is 1. The number of anilines is 2. The van der Waals surface area contributed by atoms with Crippen LogP contribution in [-0.4, -0.2) is 10.9 Å². The van der Waals surface area contributed by atoms with Crippen molar-refractivity contribution in [3.63, 3.8) is 0 Å². The SMILES string of the molecule is Nc1cc(CN2CCc3ccccc32)ns1. The Bertz CT molecular complexity index is 506. The predicted octanol–water partition coefficient (Wildman–Crippen LogP) is 2.29. The highest BCUT2D eigenvalue weighted by atomic mass is 32.1. The van der Waals surface area contributed by atoms with Gasteiger partial charge in [-0.2, -0.15) is 4.37 Å². The molecule has 0 saturated heterocycles. The van der Waals surface area contributed by atoms with E-state index in [1.165, 1.54) is 22.8 Å². The van der Waals surface area contributed by atoms with Gasteiger partial charge in [0.15, 0.2) is 0 Å². The standard InChI is InChI=1S/C12H13N3S/c13-12-7-10(14-16-12)8-15-6-5-9-3-1-2-4-11(9)15/h1-4,7H,5-6,8,13H2. The lowest BCUT2D eigenvalue weighted by Gasteiger charge is -2.17. The first kappa shape index (κ1) is 9.66. The van der Waals surface area contributed by atoms with Gasteiger partial charge in [-0.15, -0.1) is 0 Å². The monoisotopic (exact) mass is 231 g/mol. The maximum absolute atomic E-state index is 5.68. The smallest absolute Gasteiger partial charge is 0.107 e.